The number of nitrogens with one attached hydrogen (secondary N) is 1. The molecule has 1 aliphatic rings. The summed E-state index contributed by atoms with van der Waals surface area (Å²) in [5.74, 6) is -1.59. The Morgan fingerprint density at radius 3 is 2.16 bits per heavy atom. The van der Waals surface area contributed by atoms with Crippen LogP contribution in [0.15, 0.2) is 12.4 Å². The predicted molar refractivity (Wildman–Crippen MR) is 68.7 cm³/mol. The van der Waals surface area contributed by atoms with E-state index in [2.05, 4.69) is 15.3 Å². The summed E-state index contributed by atoms with van der Waals surface area (Å²) in [6.45, 7) is 8.08. The number of hydrogen-bond acceptors (Lipinski definition) is 4. The van der Waals surface area contributed by atoms with E-state index >= 15 is 0 Å². The number of nitrogens with zero attached hydrogens (tertiary/aromatic N) is 2. The fourth-order valence-corrected chi connectivity index (χ4v) is 2.63. The number of rotatable bonds is 3. The molecule has 0 atom stereocenters. The smallest absolute Gasteiger partial charge is 0.358 e. The van der Waals surface area contributed by atoms with E-state index < -0.39 is 5.97 Å². The highest BCUT2D eigenvalue weighted by Crippen LogP contribution is 2.68. The average Bonchev–Trinajstić information content (AvgIpc) is 2.69. The summed E-state index contributed by atoms with van der Waals surface area (Å²) in [7, 11) is 0. The van der Waals surface area contributed by atoms with Crippen LogP contribution in [0.2, 0.25) is 0 Å². The van der Waals surface area contributed by atoms with Crippen molar-refractivity contribution in [2.45, 2.75) is 27.7 Å². The zero-order valence-electron chi connectivity index (χ0n) is 11.4. The van der Waals surface area contributed by atoms with Crippen LogP contribution in [0.1, 0.15) is 38.2 Å². The maximum absolute atomic E-state index is 12.2. The topological polar surface area (TPSA) is 92.2 Å². The van der Waals surface area contributed by atoms with E-state index in [1.807, 2.05) is 27.7 Å². The van der Waals surface area contributed by atoms with Crippen LogP contribution >= 0.6 is 0 Å². The predicted octanol–water partition coefficient (Wildman–Crippen LogP) is 1.80. The number of carboxylic acid groups (broad SMARTS) is 1. The first-order valence-electron chi connectivity index (χ1n) is 6.04. The van der Waals surface area contributed by atoms with Crippen molar-refractivity contribution in [1.29, 1.82) is 0 Å². The third-order valence-corrected chi connectivity index (χ3v) is 4.43. The van der Waals surface area contributed by atoms with Crippen molar-refractivity contribution in [3.05, 3.63) is 18.1 Å². The zero-order chi connectivity index (χ0) is 14.4. The van der Waals surface area contributed by atoms with Crippen molar-refractivity contribution in [2.24, 2.45) is 16.7 Å². The molecular weight excluding hydrogens is 246 g/mol. The van der Waals surface area contributed by atoms with Gasteiger partial charge in [-0.1, -0.05) is 27.7 Å². The Kier molecular flexibility index (Phi) is 2.84. The molecule has 0 spiro atoms. The van der Waals surface area contributed by atoms with Crippen molar-refractivity contribution in [3.63, 3.8) is 0 Å². The average molecular weight is 263 g/mol. The Balaban J connectivity index is 2.20. The van der Waals surface area contributed by atoms with Gasteiger partial charge in [-0.2, -0.15) is 0 Å². The second-order valence-corrected chi connectivity index (χ2v) is 5.92. The van der Waals surface area contributed by atoms with Crippen LogP contribution in [-0.4, -0.2) is 27.0 Å². The molecule has 19 heavy (non-hydrogen) atoms. The third-order valence-electron chi connectivity index (χ3n) is 4.43. The van der Waals surface area contributed by atoms with Crippen molar-refractivity contribution in [3.8, 4) is 0 Å². The van der Waals surface area contributed by atoms with Crippen molar-refractivity contribution in [1.82, 2.24) is 9.97 Å². The van der Waals surface area contributed by atoms with E-state index in [0.29, 0.717) is 0 Å². The lowest BCUT2D eigenvalue weighted by Gasteiger charge is -2.07. The fourth-order valence-electron chi connectivity index (χ4n) is 2.63. The Morgan fingerprint density at radius 1 is 1.16 bits per heavy atom. The molecule has 2 rings (SSSR count). The quantitative estimate of drug-likeness (QED) is 0.867. The molecule has 1 heterocycles. The van der Waals surface area contributed by atoms with Gasteiger partial charge in [-0.05, 0) is 10.8 Å². The standard InChI is InChI=1S/C13H17N3O3/c1-12(2)8(13(12,3)4)10(17)16-9-7(11(18)19)14-5-6-15-9/h5-6,8H,1-4H3,(H,18,19)(H,15,16,17). The van der Waals surface area contributed by atoms with E-state index in [-0.39, 0.29) is 34.2 Å². The molecule has 102 valence electrons. The van der Waals surface area contributed by atoms with Crippen LogP contribution in [0.4, 0.5) is 5.82 Å². The summed E-state index contributed by atoms with van der Waals surface area (Å²) >= 11 is 0. The van der Waals surface area contributed by atoms with Gasteiger partial charge in [-0.15, -0.1) is 0 Å². The maximum atomic E-state index is 12.2. The van der Waals surface area contributed by atoms with Crippen LogP contribution in [0.3, 0.4) is 0 Å². The first-order chi connectivity index (χ1) is 8.69. The molecule has 1 amide bonds. The second kappa shape index (κ2) is 4.01. The summed E-state index contributed by atoms with van der Waals surface area (Å²) in [6, 6.07) is 0. The molecule has 0 unspecified atom stereocenters. The molecular formula is C13H17N3O3. The fraction of sp³-hybridized carbons (Fsp3) is 0.538. The van der Waals surface area contributed by atoms with E-state index in [4.69, 9.17) is 5.11 Å². The number of amides is 1. The van der Waals surface area contributed by atoms with Gasteiger partial charge in [-0.25, -0.2) is 14.8 Å². The van der Waals surface area contributed by atoms with Gasteiger partial charge >= 0.3 is 5.97 Å². The largest absolute Gasteiger partial charge is 0.476 e. The Morgan fingerprint density at radius 2 is 1.68 bits per heavy atom. The van der Waals surface area contributed by atoms with Crippen LogP contribution in [0.5, 0.6) is 0 Å². The van der Waals surface area contributed by atoms with E-state index in [1.54, 1.807) is 0 Å². The third kappa shape index (κ3) is 1.97. The summed E-state index contributed by atoms with van der Waals surface area (Å²) in [5.41, 5.74) is -0.460. The molecule has 0 radical (unpaired) electrons. The molecule has 0 aromatic carbocycles. The van der Waals surface area contributed by atoms with E-state index in [0.717, 1.165) is 0 Å². The van der Waals surface area contributed by atoms with Crippen molar-refractivity contribution < 1.29 is 14.7 Å². The molecule has 1 aliphatic carbocycles. The molecule has 1 saturated carbocycles. The van der Waals surface area contributed by atoms with Gasteiger partial charge in [0.1, 0.15) is 0 Å². The van der Waals surface area contributed by atoms with Gasteiger partial charge in [0.25, 0.3) is 0 Å². The Bertz CT molecular complexity index is 538. The van der Waals surface area contributed by atoms with E-state index in [1.165, 1.54) is 12.4 Å². The molecule has 1 aromatic heterocycles. The number of carboxylic acids is 1. The monoisotopic (exact) mass is 263 g/mol. The minimum absolute atomic E-state index is 0.00139. The van der Waals surface area contributed by atoms with Gasteiger partial charge in [-0.3, -0.25) is 4.79 Å². The Labute approximate surface area is 111 Å². The molecule has 1 fully saturated rings. The molecule has 6 heteroatoms. The number of aromatic nitrogens is 2. The first-order valence-corrected chi connectivity index (χ1v) is 6.04. The molecule has 0 saturated heterocycles. The number of aromatic carboxylic acids is 1. The minimum atomic E-state index is -1.21. The van der Waals surface area contributed by atoms with Crippen molar-refractivity contribution >= 4 is 17.7 Å². The molecule has 6 nitrogen and oxygen atoms in total. The summed E-state index contributed by atoms with van der Waals surface area (Å²) in [4.78, 5) is 30.8. The van der Waals surface area contributed by atoms with Crippen molar-refractivity contribution in [2.75, 3.05) is 5.32 Å². The van der Waals surface area contributed by atoms with Gasteiger partial charge < -0.3 is 10.4 Å². The number of carbonyl (C=O) groups is 2. The van der Waals surface area contributed by atoms with Crippen LogP contribution in [0, 0.1) is 16.7 Å². The first kappa shape index (κ1) is 13.5. The summed E-state index contributed by atoms with van der Waals surface area (Å²) < 4.78 is 0. The summed E-state index contributed by atoms with van der Waals surface area (Å²) in [5, 5.41) is 11.6. The van der Waals surface area contributed by atoms with Gasteiger partial charge in [0.2, 0.25) is 5.91 Å². The summed E-state index contributed by atoms with van der Waals surface area (Å²) in [6.07, 6.45) is 2.63. The molecule has 2 N–H and O–H groups in total. The lowest BCUT2D eigenvalue weighted by molar-refractivity contribution is -0.118. The number of anilines is 1. The lowest BCUT2D eigenvalue weighted by atomic mass is 10.0. The SMILES string of the molecule is CC1(C)C(C(=O)Nc2nccnc2C(=O)O)C1(C)C. The molecule has 0 bridgehead atoms. The van der Waals surface area contributed by atoms with Crippen LogP contribution in [0.25, 0.3) is 0 Å². The highest BCUT2D eigenvalue weighted by Gasteiger charge is 2.68. The zero-order valence-corrected chi connectivity index (χ0v) is 11.4. The van der Waals surface area contributed by atoms with Gasteiger partial charge in [0.15, 0.2) is 11.5 Å². The molecule has 1 aromatic rings. The minimum Gasteiger partial charge on any atom is -0.476 e. The number of hydrogen-bond donors (Lipinski definition) is 2. The highest BCUT2D eigenvalue weighted by atomic mass is 16.4. The molecule has 0 aliphatic heterocycles. The lowest BCUT2D eigenvalue weighted by Crippen LogP contribution is -2.21. The van der Waals surface area contributed by atoms with Crippen LogP contribution in [-0.2, 0) is 4.79 Å². The van der Waals surface area contributed by atoms with Gasteiger partial charge in [0, 0.05) is 18.3 Å². The second-order valence-electron chi connectivity index (χ2n) is 5.92. The Hall–Kier alpha value is -1.98. The van der Waals surface area contributed by atoms with E-state index in [9.17, 15) is 9.59 Å². The number of carbonyl (C=O) groups excluding carboxylic acids is 1. The highest BCUT2D eigenvalue weighted by molar-refractivity contribution is 6.00. The van der Waals surface area contributed by atoms with Gasteiger partial charge in [0.05, 0.1) is 0 Å². The normalized spacial score (nSPS) is 19.8. The van der Waals surface area contributed by atoms with Crippen LogP contribution < -0.4 is 5.32 Å². The maximum Gasteiger partial charge on any atom is 0.358 e.